The molecule has 0 saturated heterocycles. The van der Waals surface area contributed by atoms with Crippen molar-refractivity contribution in [3.05, 3.63) is 42.4 Å². The van der Waals surface area contributed by atoms with E-state index in [9.17, 15) is 0 Å². The van der Waals surface area contributed by atoms with Gasteiger partial charge in [0.25, 0.3) is 0 Å². The number of amidine groups is 1. The van der Waals surface area contributed by atoms with Gasteiger partial charge in [-0.3, -0.25) is 0 Å². The summed E-state index contributed by atoms with van der Waals surface area (Å²) >= 11 is 0. The van der Waals surface area contributed by atoms with Crippen LogP contribution in [0.25, 0.3) is 0 Å². The number of aromatic nitrogens is 2. The summed E-state index contributed by atoms with van der Waals surface area (Å²) in [6.07, 6.45) is 3.00. The van der Waals surface area contributed by atoms with Gasteiger partial charge < -0.3 is 20.6 Å². The summed E-state index contributed by atoms with van der Waals surface area (Å²) in [5, 5.41) is 11.4. The number of hydrogen-bond donors (Lipinski definition) is 2. The zero-order valence-corrected chi connectivity index (χ0v) is 11.2. The molecule has 104 valence electrons. The number of anilines is 2. The summed E-state index contributed by atoms with van der Waals surface area (Å²) < 4.78 is 5.11. The minimum absolute atomic E-state index is 0.0730. The minimum Gasteiger partial charge on any atom is -0.497 e. The average Bonchev–Trinajstić information content (AvgIpc) is 2.53. The van der Waals surface area contributed by atoms with Crippen LogP contribution in [-0.4, -0.2) is 35.2 Å². The molecule has 0 amide bonds. The van der Waals surface area contributed by atoms with E-state index < -0.39 is 0 Å². The minimum atomic E-state index is -0.0730. The third kappa shape index (κ3) is 2.77. The van der Waals surface area contributed by atoms with Crippen LogP contribution in [0.15, 0.2) is 41.8 Å². The molecule has 1 aromatic carbocycles. The van der Waals surface area contributed by atoms with Crippen molar-refractivity contribution in [1.29, 1.82) is 0 Å². The van der Waals surface area contributed by atoms with Crippen molar-refractivity contribution in [3.8, 4) is 5.75 Å². The lowest BCUT2D eigenvalue weighted by molar-refractivity contribution is 0.318. The molecule has 0 bridgehead atoms. The Bertz CT molecular complexity index is 595. The van der Waals surface area contributed by atoms with E-state index in [0.29, 0.717) is 11.5 Å². The number of oxime groups is 1. The van der Waals surface area contributed by atoms with Crippen LogP contribution >= 0.6 is 0 Å². The molecule has 0 aliphatic carbocycles. The van der Waals surface area contributed by atoms with E-state index >= 15 is 0 Å². The smallest absolute Gasteiger partial charge is 0.190 e. The second kappa shape index (κ2) is 5.87. The summed E-state index contributed by atoms with van der Waals surface area (Å²) in [5.41, 5.74) is 6.69. The summed E-state index contributed by atoms with van der Waals surface area (Å²) in [6, 6.07) is 7.56. The first-order valence-electron chi connectivity index (χ1n) is 5.83. The highest BCUT2D eigenvalue weighted by molar-refractivity contribution is 5.94. The van der Waals surface area contributed by atoms with E-state index in [1.54, 1.807) is 13.3 Å². The fourth-order valence-electron chi connectivity index (χ4n) is 1.62. The lowest BCUT2D eigenvalue weighted by Gasteiger charge is -2.18. The Balaban J connectivity index is 2.21. The zero-order valence-electron chi connectivity index (χ0n) is 11.2. The van der Waals surface area contributed by atoms with Crippen molar-refractivity contribution in [2.45, 2.75) is 0 Å². The first-order chi connectivity index (χ1) is 9.65. The van der Waals surface area contributed by atoms with Crippen LogP contribution in [0, 0.1) is 0 Å². The number of hydrogen-bond acceptors (Lipinski definition) is 6. The molecule has 0 spiro atoms. The van der Waals surface area contributed by atoms with Gasteiger partial charge in [-0.25, -0.2) is 9.97 Å². The molecule has 0 fully saturated rings. The Kier molecular flexibility index (Phi) is 3.99. The van der Waals surface area contributed by atoms with Crippen LogP contribution in [0.3, 0.4) is 0 Å². The maximum absolute atomic E-state index is 8.57. The molecule has 3 N–H and O–H groups in total. The normalized spacial score (nSPS) is 11.2. The quantitative estimate of drug-likeness (QED) is 0.378. The summed E-state index contributed by atoms with van der Waals surface area (Å²) in [4.78, 5) is 10.2. The molecule has 2 rings (SSSR count). The molecule has 1 heterocycles. The molecule has 7 heteroatoms. The van der Waals surface area contributed by atoms with E-state index in [1.165, 1.54) is 6.20 Å². The fraction of sp³-hybridized carbons (Fsp3) is 0.154. The fourth-order valence-corrected chi connectivity index (χ4v) is 1.62. The summed E-state index contributed by atoms with van der Waals surface area (Å²) in [5.74, 6) is 1.36. The molecule has 7 nitrogen and oxygen atoms in total. The Morgan fingerprint density at radius 1 is 1.25 bits per heavy atom. The van der Waals surface area contributed by atoms with Gasteiger partial charge in [0, 0.05) is 12.7 Å². The van der Waals surface area contributed by atoms with Crippen LogP contribution in [-0.2, 0) is 0 Å². The topological polar surface area (TPSA) is 96.9 Å². The largest absolute Gasteiger partial charge is 0.497 e. The van der Waals surface area contributed by atoms with Crippen molar-refractivity contribution in [2.75, 3.05) is 19.1 Å². The van der Waals surface area contributed by atoms with Crippen LogP contribution in [0.1, 0.15) is 5.69 Å². The number of nitrogens with two attached hydrogens (primary N) is 1. The molecule has 0 radical (unpaired) electrons. The third-order valence-corrected chi connectivity index (χ3v) is 2.81. The van der Waals surface area contributed by atoms with E-state index in [2.05, 4.69) is 15.1 Å². The van der Waals surface area contributed by atoms with Gasteiger partial charge in [0.2, 0.25) is 0 Å². The summed E-state index contributed by atoms with van der Waals surface area (Å²) in [7, 11) is 3.49. The number of methoxy groups -OCH3 is 1. The molecular weight excluding hydrogens is 258 g/mol. The molecule has 0 saturated carbocycles. The molecule has 2 aromatic rings. The SMILES string of the molecule is COc1ccc(N(C)c2cnc(C(N)=NO)cn2)cc1. The Morgan fingerprint density at radius 3 is 2.45 bits per heavy atom. The number of nitrogens with zero attached hydrogens (tertiary/aromatic N) is 4. The maximum Gasteiger partial charge on any atom is 0.190 e. The summed E-state index contributed by atoms with van der Waals surface area (Å²) in [6.45, 7) is 0. The van der Waals surface area contributed by atoms with Crippen LogP contribution in [0.4, 0.5) is 11.5 Å². The number of rotatable bonds is 4. The van der Waals surface area contributed by atoms with Crippen molar-refractivity contribution in [2.24, 2.45) is 10.9 Å². The predicted molar refractivity (Wildman–Crippen MR) is 75.6 cm³/mol. The highest BCUT2D eigenvalue weighted by Gasteiger charge is 2.08. The Labute approximate surface area is 116 Å². The van der Waals surface area contributed by atoms with Gasteiger partial charge in [0.15, 0.2) is 11.7 Å². The second-order valence-corrected chi connectivity index (χ2v) is 4.00. The average molecular weight is 273 g/mol. The van der Waals surface area contributed by atoms with Gasteiger partial charge in [0.1, 0.15) is 11.4 Å². The lowest BCUT2D eigenvalue weighted by atomic mass is 10.3. The molecule has 20 heavy (non-hydrogen) atoms. The lowest BCUT2D eigenvalue weighted by Crippen LogP contribution is -2.17. The first kappa shape index (κ1) is 13.6. The molecule has 0 atom stereocenters. The van der Waals surface area contributed by atoms with Crippen LogP contribution in [0.2, 0.25) is 0 Å². The molecule has 0 aliphatic rings. The van der Waals surface area contributed by atoms with E-state index in [1.807, 2.05) is 36.2 Å². The van der Waals surface area contributed by atoms with E-state index in [-0.39, 0.29) is 5.84 Å². The highest BCUT2D eigenvalue weighted by atomic mass is 16.5. The monoisotopic (exact) mass is 273 g/mol. The molecular formula is C13H15N5O2. The predicted octanol–water partition coefficient (Wildman–Crippen LogP) is 1.35. The number of ether oxygens (including phenoxy) is 1. The van der Waals surface area contributed by atoms with Crippen LogP contribution in [0.5, 0.6) is 5.75 Å². The van der Waals surface area contributed by atoms with E-state index in [4.69, 9.17) is 15.7 Å². The zero-order chi connectivity index (χ0) is 14.5. The van der Waals surface area contributed by atoms with Gasteiger partial charge >= 0.3 is 0 Å². The number of benzene rings is 1. The van der Waals surface area contributed by atoms with Crippen molar-refractivity contribution in [1.82, 2.24) is 9.97 Å². The van der Waals surface area contributed by atoms with Crippen molar-refractivity contribution >= 4 is 17.3 Å². The molecule has 0 aliphatic heterocycles. The van der Waals surface area contributed by atoms with Crippen molar-refractivity contribution < 1.29 is 9.94 Å². The Hall–Kier alpha value is -2.83. The van der Waals surface area contributed by atoms with Gasteiger partial charge in [-0.2, -0.15) is 0 Å². The molecule has 1 aromatic heterocycles. The second-order valence-electron chi connectivity index (χ2n) is 4.00. The molecule has 0 unspecified atom stereocenters. The van der Waals surface area contributed by atoms with Gasteiger partial charge in [-0.15, -0.1) is 0 Å². The maximum atomic E-state index is 8.57. The highest BCUT2D eigenvalue weighted by Crippen LogP contribution is 2.23. The van der Waals surface area contributed by atoms with Crippen molar-refractivity contribution in [3.63, 3.8) is 0 Å². The van der Waals surface area contributed by atoms with Gasteiger partial charge in [-0.05, 0) is 24.3 Å². The van der Waals surface area contributed by atoms with Gasteiger partial charge in [-0.1, -0.05) is 5.16 Å². The first-order valence-corrected chi connectivity index (χ1v) is 5.83. The van der Waals surface area contributed by atoms with E-state index in [0.717, 1.165) is 11.4 Å². The standard InChI is InChI=1S/C13H15N5O2/c1-18(9-3-5-10(20-2)6-4-9)12-8-15-11(7-16-12)13(14)17-19/h3-8,19H,1-2H3,(H2,14,17). The van der Waals surface area contributed by atoms with Crippen LogP contribution < -0.4 is 15.4 Å². The van der Waals surface area contributed by atoms with Gasteiger partial charge in [0.05, 0.1) is 19.5 Å². The third-order valence-electron chi connectivity index (χ3n) is 2.81. The Morgan fingerprint density at radius 2 is 1.95 bits per heavy atom.